The van der Waals surface area contributed by atoms with Crippen LogP contribution in [-0.4, -0.2) is 75.5 Å². The summed E-state index contributed by atoms with van der Waals surface area (Å²) in [5, 5.41) is 2.28. The molecule has 2 fully saturated rings. The number of carbonyl (C=O) groups excluding carboxylic acids is 2. The largest absolute Gasteiger partial charge is 0.378 e. The fraction of sp³-hybridized carbons (Fsp3) is 0.387. The highest BCUT2D eigenvalue weighted by molar-refractivity contribution is 6.06. The molecule has 2 aromatic carbocycles. The van der Waals surface area contributed by atoms with Crippen molar-refractivity contribution in [3.63, 3.8) is 0 Å². The minimum absolute atomic E-state index is 0.00124. The first-order valence-electron chi connectivity index (χ1n) is 13.9. The number of ether oxygens (including phenoxy) is 1. The number of nitrogens with one attached hydrogen (secondary N) is 1. The van der Waals surface area contributed by atoms with Gasteiger partial charge in [-0.3, -0.25) is 9.59 Å². The summed E-state index contributed by atoms with van der Waals surface area (Å²) in [4.78, 5) is 37.3. The Kier molecular flexibility index (Phi) is 7.20. The number of piperidine rings is 1. The molecule has 0 spiro atoms. The molecule has 2 aliphatic heterocycles. The Morgan fingerprint density at radius 1 is 0.974 bits per heavy atom. The second-order valence-corrected chi connectivity index (χ2v) is 10.7. The predicted octanol–water partition coefficient (Wildman–Crippen LogP) is 4.74. The second kappa shape index (κ2) is 11.1. The lowest BCUT2D eigenvalue weighted by molar-refractivity contribution is -0.130. The topological polar surface area (TPSA) is 83.5 Å². The maximum Gasteiger partial charge on any atom is 0.256 e. The number of nitrogens with zero attached hydrogens (tertiary/aromatic N) is 4. The van der Waals surface area contributed by atoms with Gasteiger partial charge in [0, 0.05) is 51.1 Å². The van der Waals surface area contributed by atoms with E-state index in [0.717, 1.165) is 59.9 Å². The van der Waals surface area contributed by atoms with E-state index >= 15 is 0 Å². The molecule has 202 valence electrons. The van der Waals surface area contributed by atoms with Gasteiger partial charge in [-0.2, -0.15) is 0 Å². The van der Waals surface area contributed by atoms with Crippen LogP contribution in [0.3, 0.4) is 0 Å². The zero-order valence-electron chi connectivity index (χ0n) is 22.4. The van der Waals surface area contributed by atoms with E-state index in [1.165, 1.54) is 0 Å². The Labute approximate surface area is 228 Å². The van der Waals surface area contributed by atoms with E-state index in [0.29, 0.717) is 37.8 Å². The van der Waals surface area contributed by atoms with Crippen LogP contribution in [0, 0.1) is 5.92 Å². The number of aromatic amines is 1. The van der Waals surface area contributed by atoms with Crippen molar-refractivity contribution in [3.05, 3.63) is 78.6 Å². The number of carbonyl (C=O) groups is 2. The van der Waals surface area contributed by atoms with Crippen LogP contribution in [0.1, 0.15) is 48.3 Å². The zero-order chi connectivity index (χ0) is 26.8. The van der Waals surface area contributed by atoms with E-state index in [2.05, 4.69) is 51.1 Å². The molecule has 8 heteroatoms. The van der Waals surface area contributed by atoms with Crippen LogP contribution in [0.5, 0.6) is 0 Å². The van der Waals surface area contributed by atoms with E-state index in [9.17, 15) is 9.59 Å². The van der Waals surface area contributed by atoms with E-state index in [1.807, 2.05) is 34.3 Å². The summed E-state index contributed by atoms with van der Waals surface area (Å²) in [7, 11) is 0. The number of hydrogen-bond donors (Lipinski definition) is 1. The lowest BCUT2D eigenvalue weighted by Crippen LogP contribution is -2.40. The van der Waals surface area contributed by atoms with Gasteiger partial charge >= 0.3 is 0 Å². The first kappa shape index (κ1) is 25.4. The van der Waals surface area contributed by atoms with Gasteiger partial charge in [-0.15, -0.1) is 0 Å². The first-order valence-corrected chi connectivity index (χ1v) is 13.9. The van der Waals surface area contributed by atoms with Crippen molar-refractivity contribution in [3.8, 4) is 11.1 Å². The minimum atomic E-state index is 0.00124. The molecule has 0 aliphatic carbocycles. The summed E-state index contributed by atoms with van der Waals surface area (Å²) < 4.78 is 7.73. The third-order valence-corrected chi connectivity index (χ3v) is 8.31. The molecule has 39 heavy (non-hydrogen) atoms. The highest BCUT2D eigenvalue weighted by Crippen LogP contribution is 2.37. The third-order valence-electron chi connectivity index (χ3n) is 8.31. The average molecular weight is 526 g/mol. The molecule has 1 unspecified atom stereocenters. The molecule has 2 amide bonds. The molecule has 4 aromatic rings. The van der Waals surface area contributed by atoms with Crippen molar-refractivity contribution in [2.75, 3.05) is 39.4 Å². The molecule has 1 atom stereocenters. The normalized spacial score (nSPS) is 17.5. The quantitative estimate of drug-likeness (QED) is 0.394. The summed E-state index contributed by atoms with van der Waals surface area (Å²) in [6.45, 7) is 5.55. The van der Waals surface area contributed by atoms with Gasteiger partial charge in [0.25, 0.3) is 5.91 Å². The van der Waals surface area contributed by atoms with Gasteiger partial charge in [0.05, 0.1) is 43.0 Å². The minimum Gasteiger partial charge on any atom is -0.378 e. The Bertz CT molecular complexity index is 1440. The van der Waals surface area contributed by atoms with Crippen LogP contribution >= 0.6 is 0 Å². The van der Waals surface area contributed by atoms with Gasteiger partial charge in [-0.25, -0.2) is 4.98 Å². The third kappa shape index (κ3) is 5.21. The number of rotatable bonds is 6. The highest BCUT2D eigenvalue weighted by atomic mass is 16.5. The average Bonchev–Trinajstić information content (AvgIpc) is 3.67. The van der Waals surface area contributed by atoms with E-state index in [1.54, 1.807) is 13.3 Å². The zero-order valence-corrected chi connectivity index (χ0v) is 22.4. The molecule has 2 saturated heterocycles. The number of benzene rings is 2. The maximum absolute atomic E-state index is 13.9. The number of likely N-dealkylation sites (tertiary alicyclic amines) is 1. The summed E-state index contributed by atoms with van der Waals surface area (Å²) in [5.41, 5.74) is 3.73. The molecule has 1 N–H and O–H groups in total. The summed E-state index contributed by atoms with van der Waals surface area (Å²) in [6.07, 6.45) is 10.6. The molecule has 2 aromatic heterocycles. The van der Waals surface area contributed by atoms with Crippen molar-refractivity contribution >= 4 is 22.6 Å². The standard InChI is InChI=1S/C31H35N5O3/c1-22(37)34-11-9-23(10-12-34)17-30(29-18-32-21-33-29)36-19-27(26-8-4-6-24-5-2-3-7-25(24)26)28(20-36)31(38)35-13-15-39-16-14-35/h2-8,18-21,23,30H,9-17H2,1H3,(H,32,33). The molecule has 4 heterocycles. The Hall–Kier alpha value is -3.91. The van der Waals surface area contributed by atoms with Crippen molar-refractivity contribution in [2.24, 2.45) is 5.92 Å². The van der Waals surface area contributed by atoms with Gasteiger partial charge in [-0.05, 0) is 41.5 Å². The highest BCUT2D eigenvalue weighted by Gasteiger charge is 2.29. The van der Waals surface area contributed by atoms with E-state index < -0.39 is 0 Å². The predicted molar refractivity (Wildman–Crippen MR) is 150 cm³/mol. The Balaban J connectivity index is 1.41. The van der Waals surface area contributed by atoms with E-state index in [-0.39, 0.29) is 17.9 Å². The lowest BCUT2D eigenvalue weighted by Gasteiger charge is -2.33. The molecular formula is C31H35N5O3. The molecule has 0 bridgehead atoms. The Morgan fingerprint density at radius 2 is 1.74 bits per heavy atom. The van der Waals surface area contributed by atoms with Crippen molar-refractivity contribution in [1.82, 2.24) is 24.3 Å². The molecule has 0 saturated carbocycles. The van der Waals surface area contributed by atoms with Crippen LogP contribution in [-0.2, 0) is 9.53 Å². The van der Waals surface area contributed by atoms with Crippen molar-refractivity contribution in [2.45, 2.75) is 32.2 Å². The first-order chi connectivity index (χ1) is 19.1. The summed E-state index contributed by atoms with van der Waals surface area (Å²) in [5.74, 6) is 0.656. The van der Waals surface area contributed by atoms with Gasteiger partial charge in [-0.1, -0.05) is 42.5 Å². The van der Waals surface area contributed by atoms with E-state index in [4.69, 9.17) is 4.74 Å². The monoisotopic (exact) mass is 525 g/mol. The van der Waals surface area contributed by atoms with Gasteiger partial charge in [0.2, 0.25) is 5.91 Å². The fourth-order valence-electron chi connectivity index (χ4n) is 6.09. The van der Waals surface area contributed by atoms with Crippen LogP contribution in [0.2, 0.25) is 0 Å². The van der Waals surface area contributed by atoms with Gasteiger partial charge < -0.3 is 24.1 Å². The maximum atomic E-state index is 13.9. The number of morpholine rings is 1. The molecule has 8 nitrogen and oxygen atoms in total. The smallest absolute Gasteiger partial charge is 0.256 e. The molecular weight excluding hydrogens is 490 g/mol. The summed E-state index contributed by atoms with van der Waals surface area (Å²) in [6, 6.07) is 14.6. The number of fused-ring (bicyclic) bond motifs is 1. The second-order valence-electron chi connectivity index (χ2n) is 10.7. The van der Waals surface area contributed by atoms with Crippen LogP contribution < -0.4 is 0 Å². The van der Waals surface area contributed by atoms with Crippen molar-refractivity contribution in [1.29, 1.82) is 0 Å². The fourth-order valence-corrected chi connectivity index (χ4v) is 6.09. The number of aromatic nitrogens is 3. The van der Waals surface area contributed by atoms with Crippen LogP contribution in [0.15, 0.2) is 67.4 Å². The van der Waals surface area contributed by atoms with Crippen LogP contribution in [0.4, 0.5) is 0 Å². The van der Waals surface area contributed by atoms with Gasteiger partial charge in [0.15, 0.2) is 0 Å². The molecule has 0 radical (unpaired) electrons. The SMILES string of the molecule is CC(=O)N1CCC(CC(c2cnc[nH]2)n2cc(C(=O)N3CCOCC3)c(-c3cccc4ccccc34)c2)CC1. The summed E-state index contributed by atoms with van der Waals surface area (Å²) >= 11 is 0. The molecule has 2 aliphatic rings. The number of imidazole rings is 1. The Morgan fingerprint density at radius 3 is 2.49 bits per heavy atom. The lowest BCUT2D eigenvalue weighted by atomic mass is 9.89. The number of hydrogen-bond acceptors (Lipinski definition) is 4. The van der Waals surface area contributed by atoms with Crippen LogP contribution in [0.25, 0.3) is 21.9 Å². The van der Waals surface area contributed by atoms with Gasteiger partial charge in [0.1, 0.15) is 0 Å². The van der Waals surface area contributed by atoms with Crippen molar-refractivity contribution < 1.29 is 14.3 Å². The molecule has 6 rings (SSSR count). The number of amides is 2. The number of H-pyrrole nitrogens is 1.